The molecule has 102 valence electrons. The lowest BCUT2D eigenvalue weighted by Crippen LogP contribution is -2.39. The van der Waals surface area contributed by atoms with E-state index in [1.54, 1.807) is 0 Å². The van der Waals surface area contributed by atoms with Crippen LogP contribution in [0.15, 0.2) is 0 Å². The number of carbonyl (C=O) groups excluding carboxylic acids is 1. The summed E-state index contributed by atoms with van der Waals surface area (Å²) in [7, 11) is -6.04. The second kappa shape index (κ2) is 6.82. The van der Waals surface area contributed by atoms with Crippen LogP contribution in [0, 0.1) is 0 Å². The summed E-state index contributed by atoms with van der Waals surface area (Å²) in [4.78, 5) is 10.6. The van der Waals surface area contributed by atoms with Crippen molar-refractivity contribution in [2.75, 3.05) is 13.2 Å². The van der Waals surface area contributed by atoms with Gasteiger partial charge in [-0.3, -0.25) is 0 Å². The van der Waals surface area contributed by atoms with Gasteiger partial charge >= 0.3 is 11.2 Å². The van der Waals surface area contributed by atoms with Gasteiger partial charge in [0.2, 0.25) is 0 Å². The molecule has 6 nitrogen and oxygen atoms in total. The zero-order chi connectivity index (χ0) is 13.5. The van der Waals surface area contributed by atoms with Crippen molar-refractivity contribution in [1.82, 2.24) is 0 Å². The van der Waals surface area contributed by atoms with Crippen molar-refractivity contribution in [3.63, 3.8) is 0 Å². The Hall–Kier alpha value is -0.800. The van der Waals surface area contributed by atoms with Gasteiger partial charge in [-0.15, -0.1) is 0 Å². The molecule has 17 heavy (non-hydrogen) atoms. The SMILES string of the molecule is O=C(OCCCCCCO)C(F)(F)S(=O)(=O)[O-]. The van der Waals surface area contributed by atoms with Crippen molar-refractivity contribution in [3.8, 4) is 0 Å². The number of halogens is 2. The molecule has 0 spiro atoms. The smallest absolute Gasteiger partial charge is 0.428 e. The highest BCUT2D eigenvalue weighted by atomic mass is 32.2. The minimum absolute atomic E-state index is 0.00623. The number of esters is 1. The van der Waals surface area contributed by atoms with E-state index in [0.717, 1.165) is 0 Å². The molecule has 1 N–H and O–H groups in total. The molecule has 0 aromatic rings. The first-order valence-corrected chi connectivity index (χ1v) is 6.25. The maximum atomic E-state index is 12.5. The minimum atomic E-state index is -6.04. The Morgan fingerprint density at radius 2 is 1.76 bits per heavy atom. The van der Waals surface area contributed by atoms with E-state index >= 15 is 0 Å². The highest BCUT2D eigenvalue weighted by Gasteiger charge is 2.48. The summed E-state index contributed by atoms with van der Waals surface area (Å²) in [6, 6.07) is 0. The van der Waals surface area contributed by atoms with Gasteiger partial charge in [-0.2, -0.15) is 8.78 Å². The summed E-state index contributed by atoms with van der Waals surface area (Å²) >= 11 is 0. The topological polar surface area (TPSA) is 104 Å². The highest BCUT2D eigenvalue weighted by Crippen LogP contribution is 2.22. The minimum Gasteiger partial charge on any atom is -0.743 e. The van der Waals surface area contributed by atoms with Crippen LogP contribution in [0.25, 0.3) is 0 Å². The molecule has 0 aliphatic carbocycles. The molecule has 0 rings (SSSR count). The van der Waals surface area contributed by atoms with Crippen LogP contribution in [-0.2, 0) is 19.6 Å². The molecule has 0 aromatic heterocycles. The Balaban J connectivity index is 3.96. The lowest BCUT2D eigenvalue weighted by atomic mass is 10.2. The van der Waals surface area contributed by atoms with Crippen LogP contribution in [0.2, 0.25) is 0 Å². The van der Waals surface area contributed by atoms with E-state index in [1.807, 2.05) is 0 Å². The summed E-state index contributed by atoms with van der Waals surface area (Å²) in [6.45, 7) is -0.387. The lowest BCUT2D eigenvalue weighted by Gasteiger charge is -2.17. The fourth-order valence-electron chi connectivity index (χ4n) is 0.918. The van der Waals surface area contributed by atoms with Gasteiger partial charge in [0.15, 0.2) is 10.1 Å². The monoisotopic (exact) mass is 275 g/mol. The Kier molecular flexibility index (Phi) is 6.50. The first kappa shape index (κ1) is 16.2. The van der Waals surface area contributed by atoms with Crippen molar-refractivity contribution in [1.29, 1.82) is 0 Å². The Labute approximate surface area is 97.3 Å². The van der Waals surface area contributed by atoms with E-state index in [2.05, 4.69) is 4.74 Å². The van der Waals surface area contributed by atoms with Crippen LogP contribution in [0.3, 0.4) is 0 Å². The summed E-state index contributed by atoms with van der Waals surface area (Å²) in [6.07, 6.45) is 1.95. The van der Waals surface area contributed by atoms with Crippen molar-refractivity contribution in [3.05, 3.63) is 0 Å². The van der Waals surface area contributed by atoms with Crippen LogP contribution in [-0.4, -0.2) is 42.5 Å². The van der Waals surface area contributed by atoms with Gasteiger partial charge in [-0.1, -0.05) is 6.42 Å². The Morgan fingerprint density at radius 3 is 2.24 bits per heavy atom. The van der Waals surface area contributed by atoms with Crippen molar-refractivity contribution in [2.24, 2.45) is 0 Å². The molecule has 9 heteroatoms. The second-order valence-electron chi connectivity index (χ2n) is 3.24. The van der Waals surface area contributed by atoms with Gasteiger partial charge in [0.05, 0.1) is 6.61 Å². The number of ether oxygens (including phenoxy) is 1. The predicted molar refractivity (Wildman–Crippen MR) is 51.2 cm³/mol. The largest absolute Gasteiger partial charge is 0.743 e. The molecular formula is C8H13F2O6S-. The fourth-order valence-corrected chi connectivity index (χ4v) is 1.18. The Bertz CT molecular complexity index is 340. The third-order valence-corrected chi connectivity index (χ3v) is 2.63. The molecule has 0 amide bonds. The average molecular weight is 275 g/mol. The molecule has 0 saturated heterocycles. The molecule has 0 aliphatic rings. The summed E-state index contributed by atoms with van der Waals surface area (Å²) in [5.41, 5.74) is 0. The molecule has 0 fully saturated rings. The third kappa shape index (κ3) is 5.37. The number of carbonyl (C=O) groups is 1. The van der Waals surface area contributed by atoms with Crippen LogP contribution in [0.1, 0.15) is 25.7 Å². The molecule has 0 radical (unpaired) electrons. The predicted octanol–water partition coefficient (Wildman–Crippen LogP) is 0.220. The Morgan fingerprint density at radius 1 is 1.24 bits per heavy atom. The number of alkyl halides is 2. The van der Waals surface area contributed by atoms with Gasteiger partial charge in [0.1, 0.15) is 0 Å². The van der Waals surface area contributed by atoms with Crippen molar-refractivity contribution >= 4 is 16.1 Å². The third-order valence-electron chi connectivity index (χ3n) is 1.84. The van der Waals surface area contributed by atoms with Gasteiger partial charge in [-0.25, -0.2) is 13.2 Å². The lowest BCUT2D eigenvalue weighted by molar-refractivity contribution is -0.161. The summed E-state index contributed by atoms with van der Waals surface area (Å²) < 4.78 is 59.2. The summed E-state index contributed by atoms with van der Waals surface area (Å²) in [5.74, 6) is -2.35. The van der Waals surface area contributed by atoms with Crippen molar-refractivity contribution < 1.29 is 36.4 Å². The molecule has 0 aromatic carbocycles. The quantitative estimate of drug-likeness (QED) is 0.386. The van der Waals surface area contributed by atoms with Gasteiger partial charge in [0.25, 0.3) is 0 Å². The highest BCUT2D eigenvalue weighted by molar-refractivity contribution is 7.87. The van der Waals surface area contributed by atoms with E-state index in [1.165, 1.54) is 0 Å². The van der Waals surface area contributed by atoms with Crippen molar-refractivity contribution in [2.45, 2.75) is 30.9 Å². The number of rotatable bonds is 8. The van der Waals surface area contributed by atoms with E-state index in [0.29, 0.717) is 19.3 Å². The molecule has 0 bridgehead atoms. The van der Waals surface area contributed by atoms with Crippen LogP contribution in [0.5, 0.6) is 0 Å². The zero-order valence-electron chi connectivity index (χ0n) is 8.90. The average Bonchev–Trinajstić information content (AvgIpc) is 2.21. The van der Waals surface area contributed by atoms with E-state index < -0.39 is 27.9 Å². The normalized spacial score (nSPS) is 12.5. The maximum Gasteiger partial charge on any atom is 0.428 e. The van der Waals surface area contributed by atoms with E-state index in [-0.39, 0.29) is 13.0 Å². The molecule has 0 heterocycles. The van der Waals surface area contributed by atoms with Gasteiger partial charge < -0.3 is 14.4 Å². The molecule has 0 unspecified atom stereocenters. The first-order valence-electron chi connectivity index (χ1n) is 4.85. The number of aliphatic hydroxyl groups is 1. The van der Waals surface area contributed by atoms with Gasteiger partial charge in [0, 0.05) is 6.61 Å². The second-order valence-corrected chi connectivity index (χ2v) is 4.67. The first-order chi connectivity index (χ1) is 7.73. The fraction of sp³-hybridized carbons (Fsp3) is 0.875. The molecular weight excluding hydrogens is 262 g/mol. The standard InChI is InChI=1S/C8H14F2O6S/c9-8(10,17(13,14)15)7(12)16-6-4-2-1-3-5-11/h11H,1-6H2,(H,13,14,15)/p-1. The summed E-state index contributed by atoms with van der Waals surface area (Å²) in [5, 5.41) is 3.38. The van der Waals surface area contributed by atoms with E-state index in [4.69, 9.17) is 5.11 Å². The van der Waals surface area contributed by atoms with Crippen LogP contribution < -0.4 is 0 Å². The number of hydrogen-bond acceptors (Lipinski definition) is 6. The number of hydrogen-bond donors (Lipinski definition) is 1. The van der Waals surface area contributed by atoms with Crippen LogP contribution in [0.4, 0.5) is 8.78 Å². The van der Waals surface area contributed by atoms with Crippen LogP contribution >= 0.6 is 0 Å². The number of aliphatic hydroxyl groups excluding tert-OH is 1. The molecule has 0 aliphatic heterocycles. The van der Waals surface area contributed by atoms with Gasteiger partial charge in [-0.05, 0) is 19.3 Å². The number of unbranched alkanes of at least 4 members (excludes halogenated alkanes) is 3. The van der Waals surface area contributed by atoms with E-state index in [9.17, 15) is 26.5 Å². The molecule has 0 saturated carbocycles. The zero-order valence-corrected chi connectivity index (χ0v) is 9.71. The maximum absolute atomic E-state index is 12.5. The molecule has 0 atom stereocenters.